The van der Waals surface area contributed by atoms with Crippen LogP contribution in [0.25, 0.3) is 0 Å². The average Bonchev–Trinajstić information content (AvgIpc) is 2.28. The Morgan fingerprint density at radius 1 is 1.22 bits per heavy atom. The van der Waals surface area contributed by atoms with Crippen molar-refractivity contribution in [3.8, 4) is 0 Å². The van der Waals surface area contributed by atoms with E-state index in [4.69, 9.17) is 0 Å². The lowest BCUT2D eigenvalue weighted by Crippen LogP contribution is -2.41. The van der Waals surface area contributed by atoms with Gasteiger partial charge in [0.2, 0.25) is 5.91 Å². The standard InChI is InChI=1S/C15H32N2O/c1-6-8-9-10-15(4,5)12-16-11-14(18)17-13(3)7-2/h13,16H,6-12H2,1-5H3,(H,17,18). The molecule has 0 saturated carbocycles. The van der Waals surface area contributed by atoms with E-state index in [0.29, 0.717) is 6.54 Å². The highest BCUT2D eigenvalue weighted by Gasteiger charge is 2.17. The van der Waals surface area contributed by atoms with E-state index in [0.717, 1.165) is 13.0 Å². The van der Waals surface area contributed by atoms with Gasteiger partial charge in [-0.15, -0.1) is 0 Å². The summed E-state index contributed by atoms with van der Waals surface area (Å²) in [7, 11) is 0. The van der Waals surface area contributed by atoms with Crippen LogP contribution in [0, 0.1) is 5.41 Å². The third-order valence-corrected chi connectivity index (χ3v) is 3.37. The van der Waals surface area contributed by atoms with Gasteiger partial charge in [-0.05, 0) is 25.2 Å². The molecule has 0 aromatic carbocycles. The quantitative estimate of drug-likeness (QED) is 0.590. The van der Waals surface area contributed by atoms with Crippen molar-refractivity contribution in [3.05, 3.63) is 0 Å². The number of carbonyl (C=O) groups excluding carboxylic acids is 1. The largest absolute Gasteiger partial charge is 0.353 e. The molecule has 0 bridgehead atoms. The highest BCUT2D eigenvalue weighted by molar-refractivity contribution is 5.78. The lowest BCUT2D eigenvalue weighted by Gasteiger charge is -2.25. The Hall–Kier alpha value is -0.570. The van der Waals surface area contributed by atoms with E-state index in [1.165, 1.54) is 25.7 Å². The summed E-state index contributed by atoms with van der Waals surface area (Å²) in [5.74, 6) is 0.105. The Kier molecular flexibility index (Phi) is 9.08. The first-order valence-corrected chi connectivity index (χ1v) is 7.41. The van der Waals surface area contributed by atoms with E-state index < -0.39 is 0 Å². The molecule has 0 aromatic rings. The van der Waals surface area contributed by atoms with Crippen LogP contribution < -0.4 is 10.6 Å². The van der Waals surface area contributed by atoms with Gasteiger partial charge in [0.25, 0.3) is 0 Å². The van der Waals surface area contributed by atoms with Gasteiger partial charge in [0, 0.05) is 12.6 Å². The van der Waals surface area contributed by atoms with E-state index in [1.807, 2.05) is 6.92 Å². The van der Waals surface area contributed by atoms with Crippen LogP contribution in [0.15, 0.2) is 0 Å². The van der Waals surface area contributed by atoms with Gasteiger partial charge in [-0.25, -0.2) is 0 Å². The molecule has 0 aliphatic rings. The van der Waals surface area contributed by atoms with Crippen molar-refractivity contribution in [1.82, 2.24) is 10.6 Å². The van der Waals surface area contributed by atoms with Crippen LogP contribution in [0.4, 0.5) is 0 Å². The summed E-state index contributed by atoms with van der Waals surface area (Å²) in [5.41, 5.74) is 0.284. The summed E-state index contributed by atoms with van der Waals surface area (Å²) in [5, 5.41) is 6.24. The van der Waals surface area contributed by atoms with Gasteiger partial charge in [-0.2, -0.15) is 0 Å². The zero-order chi connectivity index (χ0) is 14.0. The Morgan fingerprint density at radius 3 is 2.44 bits per heavy atom. The van der Waals surface area contributed by atoms with Crippen LogP contribution in [-0.2, 0) is 4.79 Å². The van der Waals surface area contributed by atoms with Crippen molar-refractivity contribution in [2.45, 2.75) is 72.8 Å². The second-order valence-corrected chi connectivity index (χ2v) is 6.10. The SMILES string of the molecule is CCCCCC(C)(C)CNCC(=O)NC(C)CC. The van der Waals surface area contributed by atoms with E-state index in [-0.39, 0.29) is 17.4 Å². The molecule has 0 aromatic heterocycles. The maximum Gasteiger partial charge on any atom is 0.234 e. The summed E-state index contributed by atoms with van der Waals surface area (Å²) in [4.78, 5) is 11.6. The first-order chi connectivity index (χ1) is 8.41. The molecule has 0 radical (unpaired) electrons. The number of unbranched alkanes of at least 4 members (excludes halogenated alkanes) is 2. The molecular formula is C15H32N2O. The molecule has 0 rings (SSSR count). The molecule has 0 aliphatic carbocycles. The van der Waals surface area contributed by atoms with Crippen molar-refractivity contribution in [2.24, 2.45) is 5.41 Å². The number of nitrogens with one attached hydrogen (secondary N) is 2. The van der Waals surface area contributed by atoms with Gasteiger partial charge in [-0.3, -0.25) is 4.79 Å². The second-order valence-electron chi connectivity index (χ2n) is 6.10. The lowest BCUT2D eigenvalue weighted by atomic mass is 9.87. The lowest BCUT2D eigenvalue weighted by molar-refractivity contribution is -0.120. The van der Waals surface area contributed by atoms with Crippen molar-refractivity contribution >= 4 is 5.91 Å². The van der Waals surface area contributed by atoms with Crippen LogP contribution in [0.5, 0.6) is 0 Å². The molecular weight excluding hydrogens is 224 g/mol. The Morgan fingerprint density at radius 2 is 1.89 bits per heavy atom. The second kappa shape index (κ2) is 9.37. The van der Waals surface area contributed by atoms with Gasteiger partial charge in [0.05, 0.1) is 6.54 Å². The highest BCUT2D eigenvalue weighted by Crippen LogP contribution is 2.22. The van der Waals surface area contributed by atoms with Crippen molar-refractivity contribution in [1.29, 1.82) is 0 Å². The molecule has 0 saturated heterocycles. The predicted octanol–water partition coefficient (Wildman–Crippen LogP) is 3.10. The molecule has 0 aliphatic heterocycles. The summed E-state index contributed by atoms with van der Waals surface area (Å²) in [6.07, 6.45) is 6.05. The third kappa shape index (κ3) is 9.46. The fraction of sp³-hybridized carbons (Fsp3) is 0.933. The van der Waals surface area contributed by atoms with Crippen LogP contribution in [0.1, 0.15) is 66.7 Å². The summed E-state index contributed by atoms with van der Waals surface area (Å²) in [6, 6.07) is 0.275. The minimum atomic E-state index is 0.105. The highest BCUT2D eigenvalue weighted by atomic mass is 16.1. The number of amides is 1. The van der Waals surface area contributed by atoms with Gasteiger partial charge in [0.15, 0.2) is 0 Å². The van der Waals surface area contributed by atoms with E-state index in [1.54, 1.807) is 0 Å². The van der Waals surface area contributed by atoms with E-state index >= 15 is 0 Å². The fourth-order valence-corrected chi connectivity index (χ4v) is 1.88. The Bertz CT molecular complexity index is 227. The number of hydrogen-bond acceptors (Lipinski definition) is 2. The molecule has 18 heavy (non-hydrogen) atoms. The summed E-state index contributed by atoms with van der Waals surface area (Å²) < 4.78 is 0. The Balaban J connectivity index is 3.71. The number of hydrogen-bond donors (Lipinski definition) is 2. The number of carbonyl (C=O) groups is 1. The van der Waals surface area contributed by atoms with Crippen LogP contribution in [-0.4, -0.2) is 25.0 Å². The minimum absolute atomic E-state index is 0.105. The smallest absolute Gasteiger partial charge is 0.234 e. The van der Waals surface area contributed by atoms with Gasteiger partial charge < -0.3 is 10.6 Å². The third-order valence-electron chi connectivity index (χ3n) is 3.37. The molecule has 108 valence electrons. The van der Waals surface area contributed by atoms with Crippen LogP contribution in [0.3, 0.4) is 0 Å². The molecule has 0 heterocycles. The van der Waals surface area contributed by atoms with E-state index in [2.05, 4.69) is 38.3 Å². The maximum atomic E-state index is 11.6. The monoisotopic (exact) mass is 256 g/mol. The fourth-order valence-electron chi connectivity index (χ4n) is 1.88. The van der Waals surface area contributed by atoms with Crippen LogP contribution >= 0.6 is 0 Å². The summed E-state index contributed by atoms with van der Waals surface area (Å²) >= 11 is 0. The molecule has 1 atom stereocenters. The molecule has 0 fully saturated rings. The van der Waals surface area contributed by atoms with Gasteiger partial charge >= 0.3 is 0 Å². The minimum Gasteiger partial charge on any atom is -0.353 e. The topological polar surface area (TPSA) is 41.1 Å². The van der Waals surface area contributed by atoms with Gasteiger partial charge in [-0.1, -0.05) is 47.0 Å². The zero-order valence-corrected chi connectivity index (χ0v) is 12.9. The van der Waals surface area contributed by atoms with Gasteiger partial charge in [0.1, 0.15) is 0 Å². The zero-order valence-electron chi connectivity index (χ0n) is 12.9. The van der Waals surface area contributed by atoms with Crippen LogP contribution in [0.2, 0.25) is 0 Å². The van der Waals surface area contributed by atoms with Crippen molar-refractivity contribution < 1.29 is 4.79 Å². The molecule has 3 nitrogen and oxygen atoms in total. The molecule has 1 unspecified atom stereocenters. The maximum absolute atomic E-state index is 11.6. The van der Waals surface area contributed by atoms with Crippen molar-refractivity contribution in [2.75, 3.05) is 13.1 Å². The van der Waals surface area contributed by atoms with E-state index in [9.17, 15) is 4.79 Å². The summed E-state index contributed by atoms with van der Waals surface area (Å²) in [6.45, 7) is 12.2. The normalized spacial score (nSPS) is 13.4. The first-order valence-electron chi connectivity index (χ1n) is 7.41. The Labute approximate surface area is 113 Å². The first kappa shape index (κ1) is 17.4. The molecule has 3 heteroatoms. The predicted molar refractivity (Wildman–Crippen MR) is 78.7 cm³/mol. The average molecular weight is 256 g/mol. The molecule has 1 amide bonds. The molecule has 2 N–H and O–H groups in total. The molecule has 0 spiro atoms. The van der Waals surface area contributed by atoms with Crippen molar-refractivity contribution in [3.63, 3.8) is 0 Å². The number of rotatable bonds is 10.